The molecule has 0 spiro atoms. The molecule has 0 bridgehead atoms. The van der Waals surface area contributed by atoms with Gasteiger partial charge in [0.1, 0.15) is 0 Å². The molecule has 1 aliphatic rings. The second-order valence-corrected chi connectivity index (χ2v) is 2.96. The third kappa shape index (κ3) is 3.85. The number of esters is 2. The van der Waals surface area contributed by atoms with Crippen LogP contribution in [0.1, 0.15) is 20.3 Å². The van der Waals surface area contributed by atoms with E-state index in [1.165, 1.54) is 6.92 Å². The molecular weight excluding hydrogens is 172 g/mol. The molecule has 0 radical (unpaired) electrons. The molecule has 1 unspecified atom stereocenters. The first-order valence-corrected chi connectivity index (χ1v) is 4.10. The first-order chi connectivity index (χ1) is 6.09. The molecule has 72 valence electrons. The topological polar surface area (TPSA) is 55.9 Å². The van der Waals surface area contributed by atoms with Gasteiger partial charge in [-0.2, -0.15) is 0 Å². The molecule has 1 rings (SSSR count). The Kier molecular flexibility index (Phi) is 3.19. The lowest BCUT2D eigenvalue weighted by molar-refractivity contribution is -0.155. The van der Waals surface area contributed by atoms with Crippen LogP contribution in [0.2, 0.25) is 0 Å². The Balaban J connectivity index is 2.34. The number of epoxide rings is 1. The largest absolute Gasteiger partial charge is 0.390 e. The SMILES string of the molecule is CC(=O)OC(=O)C(C)=CCC1CO1. The van der Waals surface area contributed by atoms with Crippen molar-refractivity contribution in [1.82, 2.24) is 0 Å². The quantitative estimate of drug-likeness (QED) is 0.282. The van der Waals surface area contributed by atoms with Crippen LogP contribution < -0.4 is 0 Å². The summed E-state index contributed by atoms with van der Waals surface area (Å²) in [5, 5.41) is 0. The number of hydrogen-bond acceptors (Lipinski definition) is 4. The minimum absolute atomic E-state index is 0.250. The maximum Gasteiger partial charge on any atom is 0.341 e. The van der Waals surface area contributed by atoms with Gasteiger partial charge in [0.05, 0.1) is 12.7 Å². The molecule has 0 N–H and O–H groups in total. The predicted molar refractivity (Wildman–Crippen MR) is 44.9 cm³/mol. The molecule has 1 fully saturated rings. The van der Waals surface area contributed by atoms with E-state index in [0.29, 0.717) is 12.0 Å². The number of carbonyl (C=O) groups is 2. The Hall–Kier alpha value is -1.16. The zero-order valence-electron chi connectivity index (χ0n) is 7.70. The Morgan fingerprint density at radius 1 is 1.54 bits per heavy atom. The summed E-state index contributed by atoms with van der Waals surface area (Å²) < 4.78 is 9.33. The summed E-state index contributed by atoms with van der Waals surface area (Å²) in [6.45, 7) is 3.58. The van der Waals surface area contributed by atoms with E-state index in [1.807, 2.05) is 0 Å². The molecule has 1 heterocycles. The highest BCUT2D eigenvalue weighted by molar-refractivity contribution is 5.95. The maximum atomic E-state index is 11.0. The average Bonchev–Trinajstić information content (AvgIpc) is 2.81. The molecule has 1 atom stereocenters. The van der Waals surface area contributed by atoms with Gasteiger partial charge in [-0.25, -0.2) is 4.79 Å². The van der Waals surface area contributed by atoms with Gasteiger partial charge in [0.2, 0.25) is 0 Å². The summed E-state index contributed by atoms with van der Waals surface area (Å²) in [5.74, 6) is -1.16. The van der Waals surface area contributed by atoms with Crippen molar-refractivity contribution in [3.8, 4) is 0 Å². The summed E-state index contributed by atoms with van der Waals surface area (Å²) in [6, 6.07) is 0. The Morgan fingerprint density at radius 3 is 2.62 bits per heavy atom. The summed E-state index contributed by atoms with van der Waals surface area (Å²) in [4.78, 5) is 21.4. The van der Waals surface area contributed by atoms with E-state index in [9.17, 15) is 9.59 Å². The molecule has 0 aromatic rings. The smallest absolute Gasteiger partial charge is 0.341 e. The number of ether oxygens (including phenoxy) is 2. The van der Waals surface area contributed by atoms with E-state index in [0.717, 1.165) is 6.61 Å². The molecule has 1 saturated heterocycles. The van der Waals surface area contributed by atoms with Crippen LogP contribution in [0.15, 0.2) is 11.6 Å². The van der Waals surface area contributed by atoms with Gasteiger partial charge in [-0.05, 0) is 13.3 Å². The third-order valence-electron chi connectivity index (χ3n) is 1.65. The lowest BCUT2D eigenvalue weighted by atomic mass is 10.2. The molecule has 4 heteroatoms. The highest BCUT2D eigenvalue weighted by atomic mass is 16.6. The van der Waals surface area contributed by atoms with Gasteiger partial charge in [0.15, 0.2) is 0 Å². The highest BCUT2D eigenvalue weighted by Gasteiger charge is 2.21. The van der Waals surface area contributed by atoms with E-state index < -0.39 is 11.9 Å². The molecule has 13 heavy (non-hydrogen) atoms. The lowest BCUT2D eigenvalue weighted by Crippen LogP contribution is -2.09. The standard InChI is InChI=1S/C9H12O4/c1-6(3-4-8-5-12-8)9(11)13-7(2)10/h3,8H,4-5H2,1-2H3. The van der Waals surface area contributed by atoms with Crippen molar-refractivity contribution >= 4 is 11.9 Å². The molecule has 0 aliphatic carbocycles. The Labute approximate surface area is 76.5 Å². The molecule has 0 aromatic heterocycles. The van der Waals surface area contributed by atoms with Gasteiger partial charge in [0.25, 0.3) is 0 Å². The zero-order valence-corrected chi connectivity index (χ0v) is 7.70. The number of rotatable bonds is 3. The second-order valence-electron chi connectivity index (χ2n) is 2.96. The van der Waals surface area contributed by atoms with Gasteiger partial charge in [-0.3, -0.25) is 4.79 Å². The van der Waals surface area contributed by atoms with E-state index in [1.54, 1.807) is 13.0 Å². The van der Waals surface area contributed by atoms with Crippen molar-refractivity contribution in [2.45, 2.75) is 26.4 Å². The highest BCUT2D eigenvalue weighted by Crippen LogP contribution is 2.15. The van der Waals surface area contributed by atoms with E-state index in [-0.39, 0.29) is 6.10 Å². The minimum atomic E-state index is -0.583. The molecular formula is C9H12O4. The van der Waals surface area contributed by atoms with E-state index in [4.69, 9.17) is 4.74 Å². The zero-order chi connectivity index (χ0) is 9.84. The number of carbonyl (C=O) groups excluding carboxylic acids is 2. The Morgan fingerprint density at radius 2 is 2.15 bits per heavy atom. The van der Waals surface area contributed by atoms with Gasteiger partial charge in [-0.1, -0.05) is 6.08 Å². The van der Waals surface area contributed by atoms with Crippen molar-refractivity contribution in [1.29, 1.82) is 0 Å². The van der Waals surface area contributed by atoms with Crippen LogP contribution >= 0.6 is 0 Å². The first-order valence-electron chi connectivity index (χ1n) is 4.10. The van der Waals surface area contributed by atoms with E-state index >= 15 is 0 Å². The van der Waals surface area contributed by atoms with Gasteiger partial charge in [-0.15, -0.1) is 0 Å². The van der Waals surface area contributed by atoms with Crippen LogP contribution in [0.4, 0.5) is 0 Å². The van der Waals surface area contributed by atoms with Crippen molar-refractivity contribution in [3.05, 3.63) is 11.6 Å². The van der Waals surface area contributed by atoms with Gasteiger partial charge >= 0.3 is 11.9 Å². The monoisotopic (exact) mass is 184 g/mol. The lowest BCUT2D eigenvalue weighted by Gasteiger charge is -1.98. The summed E-state index contributed by atoms with van der Waals surface area (Å²) in [7, 11) is 0. The Bertz CT molecular complexity index is 250. The van der Waals surface area contributed by atoms with Crippen LogP contribution in [-0.4, -0.2) is 24.6 Å². The van der Waals surface area contributed by atoms with Crippen LogP contribution in [0.5, 0.6) is 0 Å². The van der Waals surface area contributed by atoms with Crippen LogP contribution in [0, 0.1) is 0 Å². The molecule has 1 aliphatic heterocycles. The molecule has 0 aromatic carbocycles. The summed E-state index contributed by atoms with van der Waals surface area (Å²) in [5.41, 5.74) is 0.450. The fourth-order valence-corrected chi connectivity index (χ4v) is 0.807. The van der Waals surface area contributed by atoms with Crippen molar-refractivity contribution < 1.29 is 19.1 Å². The van der Waals surface area contributed by atoms with Crippen molar-refractivity contribution in [2.75, 3.05) is 6.61 Å². The number of hydrogen-bond donors (Lipinski definition) is 0. The molecule has 0 amide bonds. The summed E-state index contributed by atoms with van der Waals surface area (Å²) in [6.07, 6.45) is 2.68. The van der Waals surface area contributed by atoms with Crippen LogP contribution in [-0.2, 0) is 19.1 Å². The third-order valence-corrected chi connectivity index (χ3v) is 1.65. The summed E-state index contributed by atoms with van der Waals surface area (Å²) >= 11 is 0. The average molecular weight is 184 g/mol. The maximum absolute atomic E-state index is 11.0. The van der Waals surface area contributed by atoms with Gasteiger partial charge in [0, 0.05) is 12.5 Å². The fraction of sp³-hybridized carbons (Fsp3) is 0.556. The van der Waals surface area contributed by atoms with Crippen molar-refractivity contribution in [2.24, 2.45) is 0 Å². The fourth-order valence-electron chi connectivity index (χ4n) is 0.807. The van der Waals surface area contributed by atoms with E-state index in [2.05, 4.69) is 4.74 Å². The van der Waals surface area contributed by atoms with Crippen molar-refractivity contribution in [3.63, 3.8) is 0 Å². The normalized spacial score (nSPS) is 21.1. The van der Waals surface area contributed by atoms with Gasteiger partial charge < -0.3 is 9.47 Å². The minimum Gasteiger partial charge on any atom is -0.390 e. The second kappa shape index (κ2) is 4.18. The molecule has 4 nitrogen and oxygen atoms in total. The molecule has 0 saturated carbocycles. The van der Waals surface area contributed by atoms with Crippen LogP contribution in [0.3, 0.4) is 0 Å². The predicted octanol–water partition coefficient (Wildman–Crippen LogP) is 0.811. The van der Waals surface area contributed by atoms with Crippen LogP contribution in [0.25, 0.3) is 0 Å². The first kappa shape index (κ1) is 9.92.